The number of carbonyl (C=O) groups excluding carboxylic acids is 1. The van der Waals surface area contributed by atoms with Crippen molar-refractivity contribution in [2.75, 3.05) is 16.8 Å². The highest BCUT2D eigenvalue weighted by Gasteiger charge is 2.34. The number of aromatic carboxylic acids is 1. The second-order valence-electron chi connectivity index (χ2n) is 8.09. The molecule has 4 rings (SSSR count). The number of aryl methyl sites for hydroxylation is 1. The molecular formula is C25H24FN3O4. The third-order valence-electron chi connectivity index (χ3n) is 5.57. The number of carboxylic acid groups (broad SMARTS) is 1. The maximum Gasteiger partial charge on any atom is 0.414 e. The molecule has 2 atom stereocenters. The van der Waals surface area contributed by atoms with Crippen molar-refractivity contribution in [3.05, 3.63) is 89.0 Å². The standard InChI is InChI=1S/C25H24FN3O4/c1-15-10-18(16(2)27-21-8-9-22(26)28-23(21)24(30)31)13-19(11-15)29-20(14-33-25(29)32)12-17-6-4-3-5-7-17/h3-11,13,16,20,27H,12,14H2,1-2H3,(H,30,31)/t16?,20-/m0/s1. The fourth-order valence-corrected chi connectivity index (χ4v) is 4.03. The first-order valence-corrected chi connectivity index (χ1v) is 10.6. The number of halogens is 1. The summed E-state index contributed by atoms with van der Waals surface area (Å²) < 4.78 is 18.8. The molecule has 0 spiro atoms. The second-order valence-corrected chi connectivity index (χ2v) is 8.09. The van der Waals surface area contributed by atoms with Crippen molar-refractivity contribution < 1.29 is 23.8 Å². The number of benzene rings is 2. The topological polar surface area (TPSA) is 91.8 Å². The van der Waals surface area contributed by atoms with E-state index in [1.54, 1.807) is 4.90 Å². The Hall–Kier alpha value is -3.94. The van der Waals surface area contributed by atoms with Gasteiger partial charge in [0.1, 0.15) is 6.61 Å². The molecule has 0 aliphatic carbocycles. The van der Waals surface area contributed by atoms with E-state index in [4.69, 9.17) is 4.74 Å². The molecule has 2 heterocycles. The number of carboxylic acids is 1. The zero-order chi connectivity index (χ0) is 23.5. The van der Waals surface area contributed by atoms with E-state index in [9.17, 15) is 19.1 Å². The first-order chi connectivity index (χ1) is 15.8. The number of carbonyl (C=O) groups is 2. The van der Waals surface area contributed by atoms with Gasteiger partial charge in [0.2, 0.25) is 5.95 Å². The summed E-state index contributed by atoms with van der Waals surface area (Å²) in [6.45, 7) is 4.08. The average Bonchev–Trinajstić information content (AvgIpc) is 3.14. The Kier molecular flexibility index (Phi) is 6.26. The summed E-state index contributed by atoms with van der Waals surface area (Å²) in [5.74, 6) is -2.18. The number of pyridine rings is 1. The van der Waals surface area contributed by atoms with Crippen molar-refractivity contribution in [1.82, 2.24) is 4.98 Å². The third kappa shape index (κ3) is 4.95. The maximum atomic E-state index is 13.4. The number of amides is 1. The van der Waals surface area contributed by atoms with Gasteiger partial charge in [-0.15, -0.1) is 0 Å². The summed E-state index contributed by atoms with van der Waals surface area (Å²) in [7, 11) is 0. The van der Waals surface area contributed by atoms with Crippen LogP contribution in [-0.2, 0) is 11.2 Å². The fourth-order valence-electron chi connectivity index (χ4n) is 4.03. The molecule has 8 heteroatoms. The molecule has 170 valence electrons. The van der Waals surface area contributed by atoms with Gasteiger partial charge in [-0.05, 0) is 61.2 Å². The van der Waals surface area contributed by atoms with Crippen molar-refractivity contribution in [2.24, 2.45) is 0 Å². The summed E-state index contributed by atoms with van der Waals surface area (Å²) in [4.78, 5) is 29.2. The Morgan fingerprint density at radius 1 is 1.24 bits per heavy atom. The van der Waals surface area contributed by atoms with Crippen LogP contribution in [0.15, 0.2) is 60.7 Å². The molecule has 33 heavy (non-hydrogen) atoms. The van der Waals surface area contributed by atoms with Crippen molar-refractivity contribution in [2.45, 2.75) is 32.4 Å². The van der Waals surface area contributed by atoms with Crippen LogP contribution in [0.25, 0.3) is 0 Å². The van der Waals surface area contributed by atoms with E-state index < -0.39 is 18.0 Å². The van der Waals surface area contributed by atoms with Gasteiger partial charge in [-0.25, -0.2) is 14.6 Å². The number of anilines is 2. The highest BCUT2D eigenvalue weighted by molar-refractivity contribution is 5.92. The van der Waals surface area contributed by atoms with Gasteiger partial charge in [0.15, 0.2) is 5.69 Å². The highest BCUT2D eigenvalue weighted by Crippen LogP contribution is 2.31. The molecule has 1 fully saturated rings. The predicted molar refractivity (Wildman–Crippen MR) is 122 cm³/mol. The van der Waals surface area contributed by atoms with Crippen LogP contribution in [0.3, 0.4) is 0 Å². The van der Waals surface area contributed by atoms with Gasteiger partial charge in [0.25, 0.3) is 0 Å². The molecule has 1 aromatic heterocycles. The number of hydrogen-bond acceptors (Lipinski definition) is 5. The van der Waals surface area contributed by atoms with Crippen molar-refractivity contribution >= 4 is 23.4 Å². The Morgan fingerprint density at radius 3 is 2.73 bits per heavy atom. The third-order valence-corrected chi connectivity index (χ3v) is 5.57. The van der Waals surface area contributed by atoms with Gasteiger partial charge in [-0.2, -0.15) is 4.39 Å². The van der Waals surface area contributed by atoms with E-state index in [0.717, 1.165) is 22.8 Å². The largest absolute Gasteiger partial charge is 0.476 e. The number of aromatic nitrogens is 1. The van der Waals surface area contributed by atoms with E-state index >= 15 is 0 Å². The predicted octanol–water partition coefficient (Wildman–Crippen LogP) is 4.97. The van der Waals surface area contributed by atoms with Crippen LogP contribution in [0, 0.1) is 12.9 Å². The first kappa shape index (κ1) is 22.3. The molecule has 1 amide bonds. The molecule has 0 bridgehead atoms. The minimum absolute atomic E-state index is 0.141. The summed E-state index contributed by atoms with van der Waals surface area (Å²) in [6.07, 6.45) is 0.261. The van der Waals surface area contributed by atoms with Gasteiger partial charge in [0, 0.05) is 11.7 Å². The number of cyclic esters (lactones) is 1. The van der Waals surface area contributed by atoms with Crippen LogP contribution in [0.1, 0.15) is 40.1 Å². The number of hydrogen-bond donors (Lipinski definition) is 2. The normalized spacial score (nSPS) is 16.4. The molecule has 2 N–H and O–H groups in total. The lowest BCUT2D eigenvalue weighted by atomic mass is 10.0. The number of nitrogens with zero attached hydrogens (tertiary/aromatic N) is 2. The van der Waals surface area contributed by atoms with E-state index in [2.05, 4.69) is 10.3 Å². The van der Waals surface area contributed by atoms with E-state index in [0.29, 0.717) is 18.7 Å². The minimum atomic E-state index is -1.32. The summed E-state index contributed by atoms with van der Waals surface area (Å²) >= 11 is 0. The summed E-state index contributed by atoms with van der Waals surface area (Å²) in [5, 5.41) is 12.5. The molecule has 1 saturated heterocycles. The number of rotatable bonds is 7. The Labute approximate surface area is 190 Å². The molecule has 3 aromatic rings. The lowest BCUT2D eigenvalue weighted by Gasteiger charge is -2.24. The maximum absolute atomic E-state index is 13.4. The van der Waals surface area contributed by atoms with Crippen molar-refractivity contribution in [3.63, 3.8) is 0 Å². The molecule has 7 nitrogen and oxygen atoms in total. The van der Waals surface area contributed by atoms with Gasteiger partial charge in [-0.1, -0.05) is 36.4 Å². The zero-order valence-electron chi connectivity index (χ0n) is 18.3. The highest BCUT2D eigenvalue weighted by atomic mass is 19.1. The SMILES string of the molecule is Cc1cc(C(C)Nc2ccc(F)nc2C(=O)O)cc(N2C(=O)OC[C@@H]2Cc2ccccc2)c1. The van der Waals surface area contributed by atoms with Gasteiger partial charge < -0.3 is 15.2 Å². The molecule has 0 saturated carbocycles. The van der Waals surface area contributed by atoms with Gasteiger partial charge in [-0.3, -0.25) is 4.90 Å². The molecule has 1 aliphatic heterocycles. The van der Waals surface area contributed by atoms with E-state index in [-0.39, 0.29) is 23.5 Å². The van der Waals surface area contributed by atoms with Crippen LogP contribution in [0.5, 0.6) is 0 Å². The van der Waals surface area contributed by atoms with Crippen LogP contribution >= 0.6 is 0 Å². The quantitative estimate of drug-likeness (QED) is 0.495. The Bertz CT molecular complexity index is 1190. The average molecular weight is 449 g/mol. The minimum Gasteiger partial charge on any atom is -0.476 e. The van der Waals surface area contributed by atoms with Crippen LogP contribution in [-0.4, -0.2) is 34.8 Å². The van der Waals surface area contributed by atoms with Crippen LogP contribution in [0.4, 0.5) is 20.6 Å². The van der Waals surface area contributed by atoms with Crippen molar-refractivity contribution in [1.29, 1.82) is 0 Å². The Balaban J connectivity index is 1.61. The van der Waals surface area contributed by atoms with Gasteiger partial charge >= 0.3 is 12.1 Å². The lowest BCUT2D eigenvalue weighted by Crippen LogP contribution is -2.35. The number of nitrogens with one attached hydrogen (secondary N) is 1. The lowest BCUT2D eigenvalue weighted by molar-refractivity contribution is 0.0690. The van der Waals surface area contributed by atoms with Crippen molar-refractivity contribution in [3.8, 4) is 0 Å². The summed E-state index contributed by atoms with van der Waals surface area (Å²) in [5.41, 5.74) is 3.41. The monoisotopic (exact) mass is 449 g/mol. The van der Waals surface area contributed by atoms with E-state index in [1.165, 1.54) is 6.07 Å². The van der Waals surface area contributed by atoms with Crippen LogP contribution < -0.4 is 10.2 Å². The molecule has 0 radical (unpaired) electrons. The summed E-state index contributed by atoms with van der Waals surface area (Å²) in [6, 6.07) is 17.7. The molecular weight excluding hydrogens is 425 g/mol. The van der Waals surface area contributed by atoms with E-state index in [1.807, 2.05) is 62.4 Å². The molecule has 2 aromatic carbocycles. The Morgan fingerprint density at radius 2 is 2.00 bits per heavy atom. The van der Waals surface area contributed by atoms with Gasteiger partial charge in [0.05, 0.1) is 11.7 Å². The smallest absolute Gasteiger partial charge is 0.414 e. The number of ether oxygens (including phenoxy) is 1. The molecule has 1 aliphatic rings. The van der Waals surface area contributed by atoms with Crippen LogP contribution in [0.2, 0.25) is 0 Å². The first-order valence-electron chi connectivity index (χ1n) is 10.6. The fraction of sp³-hybridized carbons (Fsp3) is 0.240. The molecule has 1 unspecified atom stereocenters. The second kappa shape index (κ2) is 9.28. The zero-order valence-corrected chi connectivity index (χ0v) is 18.3.